The summed E-state index contributed by atoms with van der Waals surface area (Å²) in [4.78, 5) is 28.3. The van der Waals surface area contributed by atoms with Gasteiger partial charge in [0, 0.05) is 17.7 Å². The van der Waals surface area contributed by atoms with Crippen molar-refractivity contribution in [3.8, 4) is 11.5 Å². The van der Waals surface area contributed by atoms with E-state index in [2.05, 4.69) is 0 Å². The summed E-state index contributed by atoms with van der Waals surface area (Å²) in [6.07, 6.45) is 0.729. The molecule has 0 saturated carbocycles. The summed E-state index contributed by atoms with van der Waals surface area (Å²) < 4.78 is 11.0. The molecule has 0 aliphatic carbocycles. The first-order chi connectivity index (χ1) is 16.4. The molecule has 2 aliphatic rings. The van der Waals surface area contributed by atoms with Crippen molar-refractivity contribution in [1.29, 1.82) is 0 Å². The van der Waals surface area contributed by atoms with Crippen molar-refractivity contribution in [3.05, 3.63) is 94.1 Å². The Labute approximate surface area is 198 Å². The number of carbonyl (C=O) groups is 2. The Morgan fingerprint density at radius 1 is 1.06 bits per heavy atom. The second-order valence-corrected chi connectivity index (χ2v) is 8.66. The van der Waals surface area contributed by atoms with Crippen LogP contribution in [0.2, 0.25) is 0 Å². The van der Waals surface area contributed by atoms with E-state index in [9.17, 15) is 14.7 Å². The zero-order valence-corrected chi connectivity index (χ0v) is 19.3. The summed E-state index contributed by atoms with van der Waals surface area (Å²) in [5.41, 5.74) is 4.63. The Morgan fingerprint density at radius 2 is 1.88 bits per heavy atom. The van der Waals surface area contributed by atoms with Gasteiger partial charge in [0.05, 0.1) is 25.3 Å². The number of aliphatic hydroxyl groups excluding tert-OH is 1. The number of Topliss-reactive ketones (excluding diaryl/α,β-unsaturated/α-hetero) is 1. The van der Waals surface area contributed by atoms with Gasteiger partial charge in [0.15, 0.2) is 0 Å². The third kappa shape index (κ3) is 3.52. The predicted octanol–water partition coefficient (Wildman–Crippen LogP) is 4.87. The van der Waals surface area contributed by atoms with E-state index < -0.39 is 17.7 Å². The Morgan fingerprint density at radius 3 is 2.68 bits per heavy atom. The van der Waals surface area contributed by atoms with Crippen LogP contribution in [0, 0.1) is 13.8 Å². The number of aliphatic hydroxyl groups is 1. The van der Waals surface area contributed by atoms with Crippen LogP contribution in [0.3, 0.4) is 0 Å². The molecule has 6 heteroatoms. The molecule has 2 heterocycles. The molecule has 1 fully saturated rings. The summed E-state index contributed by atoms with van der Waals surface area (Å²) >= 11 is 0. The van der Waals surface area contributed by atoms with Gasteiger partial charge in [-0.25, -0.2) is 0 Å². The summed E-state index contributed by atoms with van der Waals surface area (Å²) in [6.45, 7) is 4.42. The molecule has 1 N–H and O–H groups in total. The van der Waals surface area contributed by atoms with Crippen LogP contribution in [-0.4, -0.2) is 30.5 Å². The molecule has 1 amide bonds. The molecular weight excluding hydrogens is 430 g/mol. The molecule has 3 aromatic rings. The van der Waals surface area contributed by atoms with Crippen LogP contribution in [0.5, 0.6) is 11.5 Å². The number of methoxy groups -OCH3 is 1. The third-order valence-corrected chi connectivity index (χ3v) is 6.44. The van der Waals surface area contributed by atoms with Crippen LogP contribution >= 0.6 is 0 Å². The first kappa shape index (κ1) is 21.8. The number of amides is 1. The van der Waals surface area contributed by atoms with Crippen molar-refractivity contribution in [2.24, 2.45) is 0 Å². The maximum atomic E-state index is 13.4. The van der Waals surface area contributed by atoms with Crippen molar-refractivity contribution in [3.63, 3.8) is 0 Å². The molecule has 3 aromatic carbocycles. The molecule has 172 valence electrons. The Balaban J connectivity index is 1.74. The molecule has 0 spiro atoms. The van der Waals surface area contributed by atoms with Crippen LogP contribution in [-0.2, 0) is 16.0 Å². The smallest absolute Gasteiger partial charge is 0.300 e. The topological polar surface area (TPSA) is 76.1 Å². The van der Waals surface area contributed by atoms with Gasteiger partial charge in [-0.2, -0.15) is 0 Å². The summed E-state index contributed by atoms with van der Waals surface area (Å²) in [7, 11) is 1.56. The monoisotopic (exact) mass is 455 g/mol. The van der Waals surface area contributed by atoms with Gasteiger partial charge in [-0.3, -0.25) is 14.5 Å². The number of fused-ring (bicyclic) bond motifs is 1. The number of hydrogen-bond acceptors (Lipinski definition) is 5. The molecule has 0 aromatic heterocycles. The van der Waals surface area contributed by atoms with E-state index in [1.807, 2.05) is 50.2 Å². The standard InChI is InChI=1S/C28H25NO5/c1-16-7-8-17(2)22(13-16)29-25(19-5-4-6-21(15-19)33-3)24(27(31)28(29)32)26(30)20-9-10-23-18(14-20)11-12-34-23/h4-10,13-15,25,30H,11-12H2,1-3H3/b26-24-. The number of ether oxygens (including phenoxy) is 2. The summed E-state index contributed by atoms with van der Waals surface area (Å²) in [5.74, 6) is -0.223. The van der Waals surface area contributed by atoms with Gasteiger partial charge in [0.2, 0.25) is 0 Å². The average molecular weight is 456 g/mol. The van der Waals surface area contributed by atoms with E-state index >= 15 is 0 Å². The van der Waals surface area contributed by atoms with Crippen LogP contribution in [0.25, 0.3) is 5.76 Å². The van der Waals surface area contributed by atoms with Gasteiger partial charge >= 0.3 is 0 Å². The largest absolute Gasteiger partial charge is 0.507 e. The van der Waals surface area contributed by atoms with Crippen LogP contribution in [0.4, 0.5) is 5.69 Å². The lowest BCUT2D eigenvalue weighted by atomic mass is 9.94. The van der Waals surface area contributed by atoms with E-state index in [1.165, 1.54) is 4.90 Å². The van der Waals surface area contributed by atoms with Crippen molar-refractivity contribution in [2.75, 3.05) is 18.6 Å². The first-order valence-corrected chi connectivity index (χ1v) is 11.2. The van der Waals surface area contributed by atoms with Crippen molar-refractivity contribution < 1.29 is 24.2 Å². The van der Waals surface area contributed by atoms with Gasteiger partial charge in [-0.05, 0) is 72.5 Å². The average Bonchev–Trinajstić information content (AvgIpc) is 3.42. The fraction of sp³-hybridized carbons (Fsp3) is 0.214. The maximum Gasteiger partial charge on any atom is 0.300 e. The SMILES string of the molecule is COc1cccc(C2/C(=C(/O)c3ccc4c(c3)CCO4)C(=O)C(=O)N2c2cc(C)ccc2C)c1. The van der Waals surface area contributed by atoms with E-state index in [0.29, 0.717) is 29.2 Å². The van der Waals surface area contributed by atoms with E-state index in [4.69, 9.17) is 9.47 Å². The van der Waals surface area contributed by atoms with Crippen LogP contribution < -0.4 is 14.4 Å². The first-order valence-electron chi connectivity index (χ1n) is 11.2. The highest BCUT2D eigenvalue weighted by atomic mass is 16.5. The Kier molecular flexibility index (Phi) is 5.36. The highest BCUT2D eigenvalue weighted by molar-refractivity contribution is 6.51. The quantitative estimate of drug-likeness (QED) is 0.345. The maximum absolute atomic E-state index is 13.4. The molecule has 1 saturated heterocycles. The molecule has 1 unspecified atom stereocenters. The molecule has 0 bridgehead atoms. The number of aryl methyl sites for hydroxylation is 2. The number of anilines is 1. The number of nitrogens with zero attached hydrogens (tertiary/aromatic N) is 1. The van der Waals surface area contributed by atoms with Gasteiger partial charge in [-0.15, -0.1) is 0 Å². The minimum Gasteiger partial charge on any atom is -0.507 e. The van der Waals surface area contributed by atoms with Crippen LogP contribution in [0.1, 0.15) is 33.9 Å². The second kappa shape index (κ2) is 8.37. The van der Waals surface area contributed by atoms with Crippen molar-refractivity contribution >= 4 is 23.1 Å². The van der Waals surface area contributed by atoms with Gasteiger partial charge < -0.3 is 14.6 Å². The zero-order chi connectivity index (χ0) is 24.0. The second-order valence-electron chi connectivity index (χ2n) is 8.66. The minimum atomic E-state index is -0.805. The molecule has 2 aliphatic heterocycles. The summed E-state index contributed by atoms with van der Waals surface area (Å²) in [5, 5.41) is 11.4. The van der Waals surface area contributed by atoms with Crippen molar-refractivity contribution in [2.45, 2.75) is 26.3 Å². The Hall–Kier alpha value is -4.06. The van der Waals surface area contributed by atoms with E-state index in [-0.39, 0.29) is 11.3 Å². The lowest BCUT2D eigenvalue weighted by Crippen LogP contribution is -2.30. The third-order valence-electron chi connectivity index (χ3n) is 6.44. The lowest BCUT2D eigenvalue weighted by molar-refractivity contribution is -0.132. The summed E-state index contributed by atoms with van der Waals surface area (Å²) in [6, 6.07) is 17.5. The van der Waals surface area contributed by atoms with E-state index in [1.54, 1.807) is 31.4 Å². The molecule has 0 radical (unpaired) electrons. The molecule has 34 heavy (non-hydrogen) atoms. The van der Waals surface area contributed by atoms with E-state index in [0.717, 1.165) is 28.9 Å². The highest BCUT2D eigenvalue weighted by Crippen LogP contribution is 2.44. The predicted molar refractivity (Wildman–Crippen MR) is 129 cm³/mol. The van der Waals surface area contributed by atoms with Gasteiger partial charge in [0.25, 0.3) is 11.7 Å². The lowest BCUT2D eigenvalue weighted by Gasteiger charge is -2.27. The fourth-order valence-electron chi connectivity index (χ4n) is 4.68. The van der Waals surface area contributed by atoms with Crippen molar-refractivity contribution in [1.82, 2.24) is 0 Å². The number of carbonyl (C=O) groups excluding carboxylic acids is 2. The zero-order valence-electron chi connectivity index (χ0n) is 19.3. The molecule has 6 nitrogen and oxygen atoms in total. The molecule has 5 rings (SSSR count). The number of hydrogen-bond donors (Lipinski definition) is 1. The minimum absolute atomic E-state index is 0.0537. The molecule has 1 atom stereocenters. The number of ketones is 1. The van der Waals surface area contributed by atoms with Crippen LogP contribution in [0.15, 0.2) is 66.2 Å². The van der Waals surface area contributed by atoms with Gasteiger partial charge in [0.1, 0.15) is 17.3 Å². The van der Waals surface area contributed by atoms with Gasteiger partial charge in [-0.1, -0.05) is 24.3 Å². The fourth-order valence-corrected chi connectivity index (χ4v) is 4.68. The number of benzene rings is 3. The normalized spacial score (nSPS) is 18.7. The number of rotatable bonds is 4. The Bertz CT molecular complexity index is 1360. The molecular formula is C28H25NO5. The highest BCUT2D eigenvalue weighted by Gasteiger charge is 2.47.